The molecule has 0 aromatic heterocycles. The molecule has 0 aliphatic carbocycles. The third kappa shape index (κ3) is 4.65. The molecule has 5 nitrogen and oxygen atoms in total. The largest absolute Gasteiger partial charge is 0.480 e. The Balaban J connectivity index is 2.55. The third-order valence-electron chi connectivity index (χ3n) is 2.18. The van der Waals surface area contributed by atoms with Crippen molar-refractivity contribution in [1.82, 2.24) is 5.48 Å². The summed E-state index contributed by atoms with van der Waals surface area (Å²) in [5.74, 6) is -1.54. The summed E-state index contributed by atoms with van der Waals surface area (Å²) in [5, 5.41) is 8.97. The summed E-state index contributed by atoms with van der Waals surface area (Å²) in [5.41, 5.74) is 3.13. The molecular formula is C12H15NO4. The Bertz CT molecular complexity index is 377. The second kappa shape index (κ2) is 6.65. The number of nitrogens with one attached hydrogen (secondary N) is 1. The first-order valence-corrected chi connectivity index (χ1v) is 5.35. The van der Waals surface area contributed by atoms with Crippen molar-refractivity contribution in [3.63, 3.8) is 0 Å². The van der Waals surface area contributed by atoms with Gasteiger partial charge in [-0.05, 0) is 5.56 Å². The first kappa shape index (κ1) is 13.2. The molecular weight excluding hydrogens is 222 g/mol. The fraction of sp³-hybridized carbons (Fsp3) is 0.333. The van der Waals surface area contributed by atoms with Crippen LogP contribution in [0.3, 0.4) is 0 Å². The van der Waals surface area contributed by atoms with Crippen LogP contribution in [0.4, 0.5) is 0 Å². The average molecular weight is 237 g/mol. The summed E-state index contributed by atoms with van der Waals surface area (Å²) in [6.45, 7) is 1.64. The fourth-order valence-corrected chi connectivity index (χ4v) is 1.24. The van der Waals surface area contributed by atoms with Crippen molar-refractivity contribution in [1.29, 1.82) is 0 Å². The van der Waals surface area contributed by atoms with Crippen molar-refractivity contribution in [3.8, 4) is 0 Å². The van der Waals surface area contributed by atoms with Crippen LogP contribution in [0.5, 0.6) is 0 Å². The molecule has 0 heterocycles. The molecule has 0 saturated carbocycles. The van der Waals surface area contributed by atoms with E-state index in [4.69, 9.17) is 5.11 Å². The molecule has 1 atom stereocenters. The molecule has 0 saturated heterocycles. The molecule has 0 fully saturated rings. The quantitative estimate of drug-likeness (QED) is 0.726. The predicted octanol–water partition coefficient (Wildman–Crippen LogP) is 1.14. The summed E-state index contributed by atoms with van der Waals surface area (Å²) in [4.78, 5) is 26.5. The molecule has 17 heavy (non-hydrogen) atoms. The van der Waals surface area contributed by atoms with Crippen LogP contribution < -0.4 is 5.48 Å². The molecule has 0 amide bonds. The number of carboxylic acids is 1. The van der Waals surface area contributed by atoms with Gasteiger partial charge in [-0.15, -0.1) is 5.48 Å². The number of hydrogen-bond acceptors (Lipinski definition) is 4. The Morgan fingerprint density at radius 1 is 1.35 bits per heavy atom. The Morgan fingerprint density at radius 3 is 2.53 bits per heavy atom. The first-order valence-electron chi connectivity index (χ1n) is 5.35. The number of hydroxylamine groups is 1. The Labute approximate surface area is 99.4 Å². The van der Waals surface area contributed by atoms with Crippen molar-refractivity contribution in [3.05, 3.63) is 35.9 Å². The monoisotopic (exact) mass is 237 g/mol. The van der Waals surface area contributed by atoms with Crippen molar-refractivity contribution < 1.29 is 19.5 Å². The van der Waals surface area contributed by atoms with Crippen molar-refractivity contribution in [2.24, 2.45) is 0 Å². The van der Waals surface area contributed by atoms with E-state index in [0.29, 0.717) is 0 Å². The lowest BCUT2D eigenvalue weighted by molar-refractivity contribution is -0.157. The highest BCUT2D eigenvalue weighted by Gasteiger charge is 2.19. The lowest BCUT2D eigenvalue weighted by Gasteiger charge is -2.13. The van der Waals surface area contributed by atoms with Gasteiger partial charge in [-0.25, -0.2) is 0 Å². The summed E-state index contributed by atoms with van der Waals surface area (Å²) >= 11 is 0. The highest BCUT2D eigenvalue weighted by atomic mass is 16.7. The van der Waals surface area contributed by atoms with Crippen molar-refractivity contribution in [2.45, 2.75) is 25.8 Å². The zero-order chi connectivity index (χ0) is 12.7. The Hall–Kier alpha value is -1.88. The van der Waals surface area contributed by atoms with Crippen LogP contribution >= 0.6 is 0 Å². The van der Waals surface area contributed by atoms with Crippen LogP contribution in [0.1, 0.15) is 18.9 Å². The maximum atomic E-state index is 11.0. The van der Waals surface area contributed by atoms with Crippen molar-refractivity contribution >= 4 is 11.9 Å². The normalized spacial score (nSPS) is 11.8. The number of carboxylic acid groups (broad SMARTS) is 1. The van der Waals surface area contributed by atoms with Gasteiger partial charge in [0.05, 0.1) is 0 Å². The molecule has 1 aromatic rings. The van der Waals surface area contributed by atoms with E-state index < -0.39 is 18.0 Å². The van der Waals surface area contributed by atoms with E-state index in [2.05, 4.69) is 10.3 Å². The van der Waals surface area contributed by atoms with Gasteiger partial charge in [-0.2, -0.15) is 0 Å². The average Bonchev–Trinajstić information content (AvgIpc) is 2.34. The number of carbonyl (C=O) groups excluding carboxylic acids is 1. The Kier molecular flexibility index (Phi) is 5.16. The van der Waals surface area contributed by atoms with Crippen LogP contribution in [0, 0.1) is 0 Å². The molecule has 0 bridgehead atoms. The molecule has 0 spiro atoms. The smallest absolute Gasteiger partial charge is 0.324 e. The number of hydrogen-bond donors (Lipinski definition) is 2. The number of benzene rings is 1. The van der Waals surface area contributed by atoms with Gasteiger partial charge < -0.3 is 9.94 Å². The van der Waals surface area contributed by atoms with Gasteiger partial charge in [0.15, 0.2) is 0 Å². The highest BCUT2D eigenvalue weighted by Crippen LogP contribution is 2.03. The maximum absolute atomic E-state index is 11.0. The van der Waals surface area contributed by atoms with Crippen LogP contribution in [0.25, 0.3) is 0 Å². The van der Waals surface area contributed by atoms with Crippen LogP contribution in [0.2, 0.25) is 0 Å². The molecule has 5 heteroatoms. The molecule has 0 radical (unpaired) electrons. The van der Waals surface area contributed by atoms with Gasteiger partial charge in [0, 0.05) is 12.8 Å². The second-order valence-electron chi connectivity index (χ2n) is 3.53. The lowest BCUT2D eigenvalue weighted by atomic mass is 10.1. The molecule has 0 aliphatic heterocycles. The van der Waals surface area contributed by atoms with E-state index in [1.165, 1.54) is 0 Å². The predicted molar refractivity (Wildman–Crippen MR) is 61.1 cm³/mol. The second-order valence-corrected chi connectivity index (χ2v) is 3.53. The fourth-order valence-electron chi connectivity index (χ4n) is 1.24. The van der Waals surface area contributed by atoms with E-state index in [-0.39, 0.29) is 12.8 Å². The minimum Gasteiger partial charge on any atom is -0.480 e. The van der Waals surface area contributed by atoms with Gasteiger partial charge in [0.1, 0.15) is 6.04 Å². The summed E-state index contributed by atoms with van der Waals surface area (Å²) in [6, 6.07) is 8.20. The molecule has 0 unspecified atom stereocenters. The number of carbonyl (C=O) groups is 2. The summed E-state index contributed by atoms with van der Waals surface area (Å²) < 4.78 is 0. The van der Waals surface area contributed by atoms with Gasteiger partial charge in [-0.3, -0.25) is 9.59 Å². The van der Waals surface area contributed by atoms with E-state index >= 15 is 0 Å². The number of rotatable bonds is 6. The van der Waals surface area contributed by atoms with E-state index in [1.807, 2.05) is 30.3 Å². The minimum absolute atomic E-state index is 0.199. The standard InChI is InChI=1S/C12H15NO4/c1-2-11(14)17-13-10(12(15)16)8-9-6-4-3-5-7-9/h3-7,10,13H,2,8H2,1H3,(H,15,16)/t10-/m0/s1. The summed E-state index contributed by atoms with van der Waals surface area (Å²) in [7, 11) is 0. The van der Waals surface area contributed by atoms with Crippen LogP contribution in [-0.4, -0.2) is 23.1 Å². The van der Waals surface area contributed by atoms with Gasteiger partial charge in [0.2, 0.25) is 0 Å². The number of aliphatic carboxylic acids is 1. The van der Waals surface area contributed by atoms with E-state index in [0.717, 1.165) is 5.56 Å². The molecule has 2 N–H and O–H groups in total. The lowest BCUT2D eigenvalue weighted by Crippen LogP contribution is -2.39. The third-order valence-corrected chi connectivity index (χ3v) is 2.18. The van der Waals surface area contributed by atoms with Gasteiger partial charge in [-0.1, -0.05) is 37.3 Å². The SMILES string of the molecule is CCC(=O)ON[C@@H](Cc1ccccc1)C(=O)O. The molecule has 92 valence electrons. The topological polar surface area (TPSA) is 75.6 Å². The maximum Gasteiger partial charge on any atom is 0.324 e. The van der Waals surface area contributed by atoms with Crippen molar-refractivity contribution in [2.75, 3.05) is 0 Å². The van der Waals surface area contributed by atoms with Gasteiger partial charge >= 0.3 is 11.9 Å². The van der Waals surface area contributed by atoms with E-state index in [9.17, 15) is 9.59 Å². The summed E-state index contributed by atoms with van der Waals surface area (Å²) in [6.07, 6.45) is 0.456. The molecule has 1 rings (SSSR count). The minimum atomic E-state index is -1.06. The first-order chi connectivity index (χ1) is 8.13. The zero-order valence-electron chi connectivity index (χ0n) is 9.55. The molecule has 0 aliphatic rings. The Morgan fingerprint density at radius 2 is 2.00 bits per heavy atom. The van der Waals surface area contributed by atoms with Gasteiger partial charge in [0.25, 0.3) is 0 Å². The van der Waals surface area contributed by atoms with Crippen LogP contribution in [-0.2, 0) is 20.8 Å². The van der Waals surface area contributed by atoms with Crippen LogP contribution in [0.15, 0.2) is 30.3 Å². The zero-order valence-corrected chi connectivity index (χ0v) is 9.55. The molecule has 1 aromatic carbocycles. The van der Waals surface area contributed by atoms with E-state index in [1.54, 1.807) is 6.92 Å². The highest BCUT2D eigenvalue weighted by molar-refractivity contribution is 5.74.